The average Bonchev–Trinajstić information content (AvgIpc) is 3.01. The molecule has 4 nitrogen and oxygen atoms in total. The molecule has 1 aliphatic rings. The standard InChI is InChI=1S/C22H25N3O/c1-16-8-7-10-18(14-16)22-23-19-11-3-4-12-20(19)25(22)15-21(26)24-13-6-5-9-17(24)2/h3-4,7-8,10-12,14,17H,5-6,9,13,15H2,1-2H3. The highest BCUT2D eigenvalue weighted by atomic mass is 16.2. The van der Waals surface area contributed by atoms with E-state index in [1.54, 1.807) is 0 Å². The molecule has 1 fully saturated rings. The van der Waals surface area contributed by atoms with Gasteiger partial charge in [0.15, 0.2) is 0 Å². The minimum absolute atomic E-state index is 0.189. The fraction of sp³-hybridized carbons (Fsp3) is 0.364. The number of imidazole rings is 1. The zero-order valence-corrected chi connectivity index (χ0v) is 15.5. The van der Waals surface area contributed by atoms with Crippen LogP contribution in [0.2, 0.25) is 0 Å². The van der Waals surface area contributed by atoms with Gasteiger partial charge in [0.25, 0.3) is 0 Å². The van der Waals surface area contributed by atoms with Crippen LogP contribution in [0.25, 0.3) is 22.4 Å². The lowest BCUT2D eigenvalue weighted by Gasteiger charge is -2.33. The Kier molecular flexibility index (Phi) is 4.49. The number of benzene rings is 2. The van der Waals surface area contributed by atoms with E-state index < -0.39 is 0 Å². The van der Waals surface area contributed by atoms with Crippen LogP contribution in [0, 0.1) is 6.92 Å². The number of rotatable bonds is 3. The zero-order chi connectivity index (χ0) is 18.1. The Morgan fingerprint density at radius 2 is 2.00 bits per heavy atom. The first-order valence-corrected chi connectivity index (χ1v) is 9.45. The zero-order valence-electron chi connectivity index (χ0n) is 15.5. The number of para-hydroxylation sites is 2. The quantitative estimate of drug-likeness (QED) is 0.704. The van der Waals surface area contributed by atoms with Crippen molar-refractivity contribution in [3.8, 4) is 11.4 Å². The number of piperidine rings is 1. The third-order valence-corrected chi connectivity index (χ3v) is 5.35. The number of aryl methyl sites for hydroxylation is 1. The van der Waals surface area contributed by atoms with Crippen LogP contribution in [0.5, 0.6) is 0 Å². The molecular formula is C22H25N3O. The summed E-state index contributed by atoms with van der Waals surface area (Å²) in [6.45, 7) is 5.45. The summed E-state index contributed by atoms with van der Waals surface area (Å²) in [7, 11) is 0. The van der Waals surface area contributed by atoms with Crippen LogP contribution < -0.4 is 0 Å². The number of nitrogens with zero attached hydrogens (tertiary/aromatic N) is 3. The van der Waals surface area contributed by atoms with Crippen molar-refractivity contribution in [2.75, 3.05) is 6.54 Å². The molecule has 1 unspecified atom stereocenters. The number of carbonyl (C=O) groups excluding carboxylic acids is 1. The van der Waals surface area contributed by atoms with E-state index in [1.807, 2.05) is 29.2 Å². The van der Waals surface area contributed by atoms with Crippen molar-refractivity contribution in [1.82, 2.24) is 14.5 Å². The maximum atomic E-state index is 13.0. The smallest absolute Gasteiger partial charge is 0.242 e. The van der Waals surface area contributed by atoms with Gasteiger partial charge in [0, 0.05) is 18.2 Å². The monoisotopic (exact) mass is 347 g/mol. The van der Waals surface area contributed by atoms with Gasteiger partial charge < -0.3 is 9.47 Å². The van der Waals surface area contributed by atoms with E-state index in [4.69, 9.17) is 4.98 Å². The van der Waals surface area contributed by atoms with Gasteiger partial charge in [-0.15, -0.1) is 0 Å². The van der Waals surface area contributed by atoms with E-state index in [-0.39, 0.29) is 5.91 Å². The van der Waals surface area contributed by atoms with Crippen molar-refractivity contribution < 1.29 is 4.79 Å². The largest absolute Gasteiger partial charge is 0.338 e. The average molecular weight is 347 g/mol. The van der Waals surface area contributed by atoms with Crippen LogP contribution in [0.1, 0.15) is 31.7 Å². The van der Waals surface area contributed by atoms with E-state index in [0.29, 0.717) is 12.6 Å². The van der Waals surface area contributed by atoms with Crippen LogP contribution in [0.15, 0.2) is 48.5 Å². The van der Waals surface area contributed by atoms with Gasteiger partial charge in [0.2, 0.25) is 5.91 Å². The van der Waals surface area contributed by atoms with Crippen LogP contribution in [-0.2, 0) is 11.3 Å². The third kappa shape index (κ3) is 3.12. The second kappa shape index (κ2) is 6.94. The highest BCUT2D eigenvalue weighted by Crippen LogP contribution is 2.26. The maximum Gasteiger partial charge on any atom is 0.242 e. The van der Waals surface area contributed by atoms with Gasteiger partial charge in [0.1, 0.15) is 12.4 Å². The Hall–Kier alpha value is -2.62. The molecule has 134 valence electrons. The van der Waals surface area contributed by atoms with Gasteiger partial charge in [-0.3, -0.25) is 4.79 Å². The summed E-state index contributed by atoms with van der Waals surface area (Å²) in [5.74, 6) is 1.06. The van der Waals surface area contributed by atoms with Crippen molar-refractivity contribution in [1.29, 1.82) is 0 Å². The number of amides is 1. The number of hydrogen-bond donors (Lipinski definition) is 0. The molecule has 0 bridgehead atoms. The van der Waals surface area contributed by atoms with E-state index in [9.17, 15) is 4.79 Å². The number of fused-ring (bicyclic) bond motifs is 1. The minimum Gasteiger partial charge on any atom is -0.338 e. The Balaban J connectivity index is 1.75. The molecule has 1 saturated heterocycles. The van der Waals surface area contributed by atoms with Gasteiger partial charge in [-0.05, 0) is 51.3 Å². The SMILES string of the molecule is Cc1cccc(-c2nc3ccccc3n2CC(=O)N2CCCCC2C)c1. The molecule has 4 heteroatoms. The van der Waals surface area contributed by atoms with Crippen molar-refractivity contribution in [2.24, 2.45) is 0 Å². The van der Waals surface area contributed by atoms with Gasteiger partial charge in [0.05, 0.1) is 11.0 Å². The summed E-state index contributed by atoms with van der Waals surface area (Å²) in [4.78, 5) is 19.9. The van der Waals surface area contributed by atoms with Crippen molar-refractivity contribution in [2.45, 2.75) is 45.7 Å². The van der Waals surface area contributed by atoms with E-state index in [1.165, 1.54) is 12.0 Å². The second-order valence-corrected chi connectivity index (χ2v) is 7.31. The minimum atomic E-state index is 0.189. The number of carbonyl (C=O) groups is 1. The molecule has 1 atom stereocenters. The summed E-state index contributed by atoms with van der Waals surface area (Å²) in [5.41, 5.74) is 4.20. The molecule has 4 rings (SSSR count). The van der Waals surface area contributed by atoms with E-state index in [0.717, 1.165) is 41.8 Å². The first-order chi connectivity index (χ1) is 12.6. The van der Waals surface area contributed by atoms with Crippen LogP contribution >= 0.6 is 0 Å². The van der Waals surface area contributed by atoms with Gasteiger partial charge >= 0.3 is 0 Å². The second-order valence-electron chi connectivity index (χ2n) is 7.31. The predicted molar refractivity (Wildman–Crippen MR) is 105 cm³/mol. The van der Waals surface area contributed by atoms with Crippen molar-refractivity contribution in [3.63, 3.8) is 0 Å². The Morgan fingerprint density at radius 1 is 1.15 bits per heavy atom. The molecule has 2 heterocycles. The topological polar surface area (TPSA) is 38.1 Å². The summed E-state index contributed by atoms with van der Waals surface area (Å²) in [5, 5.41) is 0. The summed E-state index contributed by atoms with van der Waals surface area (Å²) >= 11 is 0. The Morgan fingerprint density at radius 3 is 2.81 bits per heavy atom. The van der Waals surface area contributed by atoms with Crippen LogP contribution in [0.3, 0.4) is 0 Å². The van der Waals surface area contributed by atoms with Crippen molar-refractivity contribution in [3.05, 3.63) is 54.1 Å². The first-order valence-electron chi connectivity index (χ1n) is 9.45. The molecule has 3 aromatic rings. The lowest BCUT2D eigenvalue weighted by Crippen LogP contribution is -2.43. The lowest BCUT2D eigenvalue weighted by atomic mass is 10.0. The number of likely N-dealkylation sites (tertiary alicyclic amines) is 1. The summed E-state index contributed by atoms with van der Waals surface area (Å²) in [6.07, 6.45) is 3.42. The van der Waals surface area contributed by atoms with Crippen LogP contribution in [-0.4, -0.2) is 32.9 Å². The summed E-state index contributed by atoms with van der Waals surface area (Å²) in [6, 6.07) is 16.7. The van der Waals surface area contributed by atoms with Crippen LogP contribution in [0.4, 0.5) is 0 Å². The highest BCUT2D eigenvalue weighted by Gasteiger charge is 2.25. The Labute approximate surface area is 154 Å². The number of aromatic nitrogens is 2. The molecule has 1 amide bonds. The van der Waals surface area contributed by atoms with Gasteiger partial charge in [-0.25, -0.2) is 4.98 Å². The molecular weight excluding hydrogens is 322 g/mol. The molecule has 0 radical (unpaired) electrons. The van der Waals surface area contributed by atoms with E-state index >= 15 is 0 Å². The van der Waals surface area contributed by atoms with Gasteiger partial charge in [-0.1, -0.05) is 35.9 Å². The van der Waals surface area contributed by atoms with E-state index in [2.05, 4.69) is 42.7 Å². The molecule has 0 N–H and O–H groups in total. The van der Waals surface area contributed by atoms with Gasteiger partial charge in [-0.2, -0.15) is 0 Å². The normalized spacial score (nSPS) is 17.6. The molecule has 2 aromatic carbocycles. The molecule has 0 saturated carbocycles. The highest BCUT2D eigenvalue weighted by molar-refractivity contribution is 5.84. The molecule has 1 aliphatic heterocycles. The Bertz CT molecular complexity index is 943. The van der Waals surface area contributed by atoms with Crippen molar-refractivity contribution >= 4 is 16.9 Å². The molecule has 1 aromatic heterocycles. The summed E-state index contributed by atoms with van der Waals surface area (Å²) < 4.78 is 2.08. The molecule has 0 spiro atoms. The predicted octanol–water partition coefficient (Wildman–Crippen LogP) is 4.41. The molecule has 26 heavy (non-hydrogen) atoms. The fourth-order valence-corrected chi connectivity index (χ4v) is 3.93. The third-order valence-electron chi connectivity index (χ3n) is 5.35. The fourth-order valence-electron chi connectivity index (χ4n) is 3.93. The first kappa shape index (κ1) is 16.8. The lowest BCUT2D eigenvalue weighted by molar-refractivity contribution is -0.134. The maximum absolute atomic E-state index is 13.0. The number of hydrogen-bond acceptors (Lipinski definition) is 2. The molecule has 0 aliphatic carbocycles.